The second kappa shape index (κ2) is 4.44. The third kappa shape index (κ3) is 2.02. The fourth-order valence-electron chi connectivity index (χ4n) is 1.67. The predicted molar refractivity (Wildman–Crippen MR) is 66.6 cm³/mol. The van der Waals surface area contributed by atoms with Gasteiger partial charge >= 0.3 is 0 Å². The summed E-state index contributed by atoms with van der Waals surface area (Å²) in [6.07, 6.45) is 7.23. The van der Waals surface area contributed by atoms with Gasteiger partial charge in [0.1, 0.15) is 5.70 Å². The van der Waals surface area contributed by atoms with Crippen molar-refractivity contribution in [2.75, 3.05) is 0 Å². The molecular weight excluding hydrogens is 226 g/mol. The average molecular weight is 237 g/mol. The van der Waals surface area contributed by atoms with Crippen molar-refractivity contribution in [3.8, 4) is 0 Å². The molecule has 0 N–H and O–H groups in total. The highest BCUT2D eigenvalue weighted by atomic mass is 15.2. The lowest BCUT2D eigenvalue weighted by Gasteiger charge is -2.00. The van der Waals surface area contributed by atoms with E-state index >= 15 is 0 Å². The van der Waals surface area contributed by atoms with E-state index in [1.807, 2.05) is 31.2 Å². The number of aromatic nitrogens is 3. The standard InChI is InChI=1S/C13H11N5/c1-9-7-15-13(16-8-9)12-6-11(17-18-12)10-4-2-3-5-14-10/h2-8,12H,1H3. The number of hydrogen-bond acceptors (Lipinski definition) is 5. The van der Waals surface area contributed by atoms with Gasteiger partial charge in [-0.15, -0.1) is 0 Å². The molecule has 0 saturated carbocycles. The van der Waals surface area contributed by atoms with E-state index in [2.05, 4.69) is 25.2 Å². The Morgan fingerprint density at radius 1 is 1.06 bits per heavy atom. The summed E-state index contributed by atoms with van der Waals surface area (Å²) in [5.41, 5.74) is 2.61. The number of azo groups is 1. The van der Waals surface area contributed by atoms with Crippen LogP contribution in [-0.2, 0) is 0 Å². The van der Waals surface area contributed by atoms with Crippen molar-refractivity contribution in [1.82, 2.24) is 15.0 Å². The molecule has 3 rings (SSSR count). The Labute approximate surface area is 104 Å². The highest BCUT2D eigenvalue weighted by Gasteiger charge is 2.18. The number of nitrogens with zero attached hydrogens (tertiary/aromatic N) is 5. The molecule has 3 heterocycles. The van der Waals surface area contributed by atoms with Crippen LogP contribution in [0.4, 0.5) is 0 Å². The SMILES string of the molecule is Cc1cnc(C2C=C(c3ccccn3)N=N2)nc1. The maximum Gasteiger partial charge on any atom is 0.158 e. The number of pyridine rings is 1. The van der Waals surface area contributed by atoms with Crippen molar-refractivity contribution in [3.05, 3.63) is 59.9 Å². The molecule has 0 saturated heterocycles. The molecular formula is C13H11N5. The van der Waals surface area contributed by atoms with Crippen LogP contribution >= 0.6 is 0 Å². The molecule has 2 aromatic heterocycles. The highest BCUT2D eigenvalue weighted by molar-refractivity contribution is 5.63. The van der Waals surface area contributed by atoms with E-state index in [9.17, 15) is 0 Å². The van der Waals surface area contributed by atoms with Gasteiger partial charge in [0.25, 0.3) is 0 Å². The number of hydrogen-bond donors (Lipinski definition) is 0. The fraction of sp³-hybridized carbons (Fsp3) is 0.154. The molecule has 5 nitrogen and oxygen atoms in total. The van der Waals surface area contributed by atoms with Crippen molar-refractivity contribution in [1.29, 1.82) is 0 Å². The largest absolute Gasteiger partial charge is 0.255 e. The third-order valence-electron chi connectivity index (χ3n) is 2.60. The number of rotatable bonds is 2. The predicted octanol–water partition coefficient (Wildman–Crippen LogP) is 2.73. The average Bonchev–Trinajstić information content (AvgIpc) is 2.90. The van der Waals surface area contributed by atoms with E-state index in [-0.39, 0.29) is 6.04 Å². The molecule has 0 amide bonds. The summed E-state index contributed by atoms with van der Waals surface area (Å²) in [6.45, 7) is 1.95. The van der Waals surface area contributed by atoms with Gasteiger partial charge in [-0.3, -0.25) is 4.98 Å². The summed E-state index contributed by atoms with van der Waals surface area (Å²) in [6, 6.07) is 5.50. The Hall–Kier alpha value is -2.43. The van der Waals surface area contributed by atoms with Gasteiger partial charge in [-0.25, -0.2) is 9.97 Å². The highest BCUT2D eigenvalue weighted by Crippen LogP contribution is 2.29. The first kappa shape index (κ1) is 10.7. The van der Waals surface area contributed by atoms with Gasteiger partial charge in [-0.2, -0.15) is 10.2 Å². The minimum atomic E-state index is -0.206. The smallest absolute Gasteiger partial charge is 0.158 e. The van der Waals surface area contributed by atoms with Crippen molar-refractivity contribution >= 4 is 5.70 Å². The molecule has 2 aromatic rings. The van der Waals surface area contributed by atoms with Crippen LogP contribution in [0.2, 0.25) is 0 Å². The Morgan fingerprint density at radius 2 is 1.89 bits per heavy atom. The first-order valence-electron chi connectivity index (χ1n) is 5.65. The van der Waals surface area contributed by atoms with E-state index in [4.69, 9.17) is 0 Å². The molecule has 1 aliphatic heterocycles. The van der Waals surface area contributed by atoms with Gasteiger partial charge in [0.2, 0.25) is 0 Å². The molecule has 0 bridgehead atoms. The van der Waals surface area contributed by atoms with Crippen molar-refractivity contribution in [2.45, 2.75) is 13.0 Å². The Balaban J connectivity index is 1.89. The molecule has 18 heavy (non-hydrogen) atoms. The van der Waals surface area contributed by atoms with Gasteiger partial charge in [-0.05, 0) is 30.7 Å². The van der Waals surface area contributed by atoms with Gasteiger partial charge in [0.05, 0.1) is 5.69 Å². The van der Waals surface area contributed by atoms with Crippen LogP contribution < -0.4 is 0 Å². The Kier molecular flexibility index (Phi) is 2.64. The molecule has 0 fully saturated rings. The molecule has 0 aromatic carbocycles. The quantitative estimate of drug-likeness (QED) is 0.806. The lowest BCUT2D eigenvalue weighted by Crippen LogP contribution is -1.97. The maximum atomic E-state index is 4.26. The summed E-state index contributed by atoms with van der Waals surface area (Å²) in [4.78, 5) is 12.8. The van der Waals surface area contributed by atoms with Gasteiger partial charge in [-0.1, -0.05) is 6.07 Å². The lowest BCUT2D eigenvalue weighted by molar-refractivity contribution is 0.788. The zero-order valence-electron chi connectivity index (χ0n) is 9.85. The molecule has 0 radical (unpaired) electrons. The van der Waals surface area contributed by atoms with Crippen molar-refractivity contribution in [2.24, 2.45) is 10.2 Å². The van der Waals surface area contributed by atoms with Crippen LogP contribution in [0.25, 0.3) is 5.70 Å². The van der Waals surface area contributed by atoms with Gasteiger partial charge in [0.15, 0.2) is 11.9 Å². The fourth-order valence-corrected chi connectivity index (χ4v) is 1.67. The molecule has 1 aliphatic rings. The normalized spacial score (nSPS) is 17.8. The van der Waals surface area contributed by atoms with E-state index in [1.54, 1.807) is 18.6 Å². The number of aryl methyl sites for hydroxylation is 1. The first-order chi connectivity index (χ1) is 8.83. The lowest BCUT2D eigenvalue weighted by atomic mass is 10.2. The molecule has 0 aliphatic carbocycles. The van der Waals surface area contributed by atoms with E-state index < -0.39 is 0 Å². The van der Waals surface area contributed by atoms with Crippen LogP contribution in [0.15, 0.2) is 53.1 Å². The summed E-state index contributed by atoms with van der Waals surface area (Å²) < 4.78 is 0. The van der Waals surface area contributed by atoms with Crippen LogP contribution in [0.5, 0.6) is 0 Å². The molecule has 5 heteroatoms. The van der Waals surface area contributed by atoms with E-state index in [0.717, 1.165) is 17.0 Å². The van der Waals surface area contributed by atoms with E-state index in [0.29, 0.717) is 5.82 Å². The van der Waals surface area contributed by atoms with Crippen LogP contribution in [0.1, 0.15) is 23.1 Å². The monoisotopic (exact) mass is 237 g/mol. The molecule has 1 atom stereocenters. The minimum absolute atomic E-state index is 0.206. The zero-order valence-corrected chi connectivity index (χ0v) is 9.85. The maximum absolute atomic E-state index is 4.26. The topological polar surface area (TPSA) is 63.4 Å². The van der Waals surface area contributed by atoms with E-state index in [1.165, 1.54) is 0 Å². The summed E-state index contributed by atoms with van der Waals surface area (Å²) in [5.74, 6) is 0.662. The van der Waals surface area contributed by atoms with Crippen molar-refractivity contribution in [3.63, 3.8) is 0 Å². The molecule has 0 spiro atoms. The van der Waals surface area contributed by atoms with Gasteiger partial charge < -0.3 is 0 Å². The Bertz CT molecular complexity index is 601. The second-order valence-electron chi connectivity index (χ2n) is 4.05. The Morgan fingerprint density at radius 3 is 2.61 bits per heavy atom. The molecule has 1 unspecified atom stereocenters. The van der Waals surface area contributed by atoms with Gasteiger partial charge in [0, 0.05) is 18.6 Å². The molecule has 88 valence electrons. The van der Waals surface area contributed by atoms with Crippen molar-refractivity contribution < 1.29 is 0 Å². The zero-order chi connectivity index (χ0) is 12.4. The first-order valence-corrected chi connectivity index (χ1v) is 5.65. The van der Waals surface area contributed by atoms with Crippen LogP contribution in [0.3, 0.4) is 0 Å². The second-order valence-corrected chi connectivity index (χ2v) is 4.05. The van der Waals surface area contributed by atoms with Crippen LogP contribution in [0, 0.1) is 6.92 Å². The van der Waals surface area contributed by atoms with Crippen LogP contribution in [-0.4, -0.2) is 15.0 Å². The summed E-state index contributed by atoms with van der Waals surface area (Å²) >= 11 is 0. The third-order valence-corrected chi connectivity index (χ3v) is 2.60. The minimum Gasteiger partial charge on any atom is -0.255 e. The summed E-state index contributed by atoms with van der Waals surface area (Å²) in [7, 11) is 0. The summed E-state index contributed by atoms with van der Waals surface area (Å²) in [5, 5.41) is 8.29.